The highest BCUT2D eigenvalue weighted by Gasteiger charge is 2.06. The SMILES string of the molecule is O=C(CCc1c[nH]c2ccccc12)NCCSc1ccccc1. The Morgan fingerprint density at radius 2 is 1.83 bits per heavy atom. The maximum atomic E-state index is 12.0. The molecule has 118 valence electrons. The van der Waals surface area contributed by atoms with Gasteiger partial charge in [0, 0.05) is 40.7 Å². The van der Waals surface area contributed by atoms with Crippen molar-refractivity contribution in [2.75, 3.05) is 12.3 Å². The van der Waals surface area contributed by atoms with Crippen LogP contribution >= 0.6 is 11.8 Å². The summed E-state index contributed by atoms with van der Waals surface area (Å²) in [5.74, 6) is 1.01. The molecule has 0 atom stereocenters. The van der Waals surface area contributed by atoms with Crippen molar-refractivity contribution in [2.45, 2.75) is 17.7 Å². The molecule has 3 aromatic rings. The van der Waals surface area contributed by atoms with Gasteiger partial charge in [-0.1, -0.05) is 36.4 Å². The second-order valence-electron chi connectivity index (χ2n) is 5.37. The third kappa shape index (κ3) is 4.39. The monoisotopic (exact) mass is 324 g/mol. The molecular formula is C19H20N2OS. The lowest BCUT2D eigenvalue weighted by molar-refractivity contribution is -0.120. The van der Waals surface area contributed by atoms with Gasteiger partial charge in [0.1, 0.15) is 0 Å². The second-order valence-corrected chi connectivity index (χ2v) is 6.54. The number of hydrogen-bond donors (Lipinski definition) is 2. The van der Waals surface area contributed by atoms with Crippen LogP contribution in [0, 0.1) is 0 Å². The van der Waals surface area contributed by atoms with Crippen molar-refractivity contribution in [1.82, 2.24) is 10.3 Å². The van der Waals surface area contributed by atoms with Crippen LogP contribution in [0.5, 0.6) is 0 Å². The predicted molar refractivity (Wildman–Crippen MR) is 96.8 cm³/mol. The van der Waals surface area contributed by atoms with Crippen molar-refractivity contribution in [3.05, 3.63) is 66.4 Å². The number of thioether (sulfide) groups is 1. The third-order valence-electron chi connectivity index (χ3n) is 3.73. The number of hydrogen-bond acceptors (Lipinski definition) is 2. The molecule has 0 fully saturated rings. The van der Waals surface area contributed by atoms with Crippen LogP contribution in [0.1, 0.15) is 12.0 Å². The number of fused-ring (bicyclic) bond motifs is 1. The zero-order valence-electron chi connectivity index (χ0n) is 12.9. The number of amides is 1. The zero-order valence-corrected chi connectivity index (χ0v) is 13.7. The molecule has 0 aliphatic carbocycles. The first-order valence-electron chi connectivity index (χ1n) is 7.82. The highest BCUT2D eigenvalue weighted by molar-refractivity contribution is 7.99. The first-order valence-corrected chi connectivity index (χ1v) is 8.81. The fraction of sp³-hybridized carbons (Fsp3) is 0.211. The molecule has 1 amide bonds. The summed E-state index contributed by atoms with van der Waals surface area (Å²) in [6.45, 7) is 0.701. The highest BCUT2D eigenvalue weighted by Crippen LogP contribution is 2.19. The Bertz CT molecular complexity index is 767. The smallest absolute Gasteiger partial charge is 0.220 e. The van der Waals surface area contributed by atoms with E-state index in [4.69, 9.17) is 0 Å². The van der Waals surface area contributed by atoms with Gasteiger partial charge in [0.2, 0.25) is 5.91 Å². The predicted octanol–water partition coefficient (Wildman–Crippen LogP) is 4.01. The van der Waals surface area contributed by atoms with E-state index in [-0.39, 0.29) is 5.91 Å². The molecule has 4 heteroatoms. The summed E-state index contributed by atoms with van der Waals surface area (Å²) in [5, 5.41) is 4.20. The topological polar surface area (TPSA) is 44.9 Å². The largest absolute Gasteiger partial charge is 0.361 e. The number of carbonyl (C=O) groups is 1. The fourth-order valence-corrected chi connectivity index (χ4v) is 3.34. The average molecular weight is 324 g/mol. The first kappa shape index (κ1) is 15.7. The number of H-pyrrole nitrogens is 1. The molecule has 0 unspecified atom stereocenters. The van der Waals surface area contributed by atoms with Crippen LogP contribution < -0.4 is 5.32 Å². The Morgan fingerprint density at radius 1 is 1.04 bits per heavy atom. The minimum absolute atomic E-state index is 0.115. The number of rotatable bonds is 7. The Hall–Kier alpha value is -2.20. The minimum atomic E-state index is 0.115. The number of benzene rings is 2. The molecule has 0 bridgehead atoms. The summed E-state index contributed by atoms with van der Waals surface area (Å²) >= 11 is 1.76. The van der Waals surface area contributed by atoms with Crippen molar-refractivity contribution in [2.24, 2.45) is 0 Å². The number of aromatic amines is 1. The van der Waals surface area contributed by atoms with Gasteiger partial charge in [0.15, 0.2) is 0 Å². The van der Waals surface area contributed by atoms with Gasteiger partial charge in [-0.3, -0.25) is 4.79 Å². The summed E-state index contributed by atoms with van der Waals surface area (Å²) in [7, 11) is 0. The lowest BCUT2D eigenvalue weighted by Crippen LogP contribution is -2.25. The fourth-order valence-electron chi connectivity index (χ4n) is 2.55. The zero-order chi connectivity index (χ0) is 15.9. The minimum Gasteiger partial charge on any atom is -0.361 e. The summed E-state index contributed by atoms with van der Waals surface area (Å²) < 4.78 is 0. The van der Waals surface area contributed by atoms with E-state index in [0.717, 1.165) is 17.7 Å². The Kier molecular flexibility index (Phi) is 5.37. The second kappa shape index (κ2) is 7.88. The van der Waals surface area contributed by atoms with Gasteiger partial charge in [0.25, 0.3) is 0 Å². The van der Waals surface area contributed by atoms with Crippen molar-refractivity contribution in [3.63, 3.8) is 0 Å². The number of aromatic nitrogens is 1. The Morgan fingerprint density at radius 3 is 2.70 bits per heavy atom. The van der Waals surface area contributed by atoms with Crippen LogP contribution in [0.15, 0.2) is 65.7 Å². The number of carbonyl (C=O) groups excluding carboxylic acids is 1. The standard InChI is InChI=1S/C19H20N2OS/c22-19(20-12-13-23-16-6-2-1-3-7-16)11-10-15-14-21-18-9-5-4-8-17(15)18/h1-9,14,21H,10-13H2,(H,20,22). The van der Waals surface area contributed by atoms with E-state index in [0.29, 0.717) is 13.0 Å². The van der Waals surface area contributed by atoms with Crippen LogP contribution in [-0.4, -0.2) is 23.2 Å². The van der Waals surface area contributed by atoms with Crippen LogP contribution in [0.4, 0.5) is 0 Å². The molecule has 0 saturated heterocycles. The molecule has 0 spiro atoms. The molecule has 0 saturated carbocycles. The Labute approximate surface area is 140 Å². The molecule has 1 heterocycles. The Balaban J connectivity index is 1.40. The van der Waals surface area contributed by atoms with Crippen LogP contribution in [0.3, 0.4) is 0 Å². The average Bonchev–Trinajstić information content (AvgIpc) is 3.01. The number of para-hydroxylation sites is 1. The highest BCUT2D eigenvalue weighted by atomic mass is 32.2. The molecule has 3 rings (SSSR count). The van der Waals surface area contributed by atoms with Gasteiger partial charge < -0.3 is 10.3 Å². The van der Waals surface area contributed by atoms with Crippen molar-refractivity contribution in [1.29, 1.82) is 0 Å². The van der Waals surface area contributed by atoms with E-state index in [1.54, 1.807) is 11.8 Å². The molecule has 1 aromatic heterocycles. The third-order valence-corrected chi connectivity index (χ3v) is 4.75. The van der Waals surface area contributed by atoms with Crippen LogP contribution in [0.25, 0.3) is 10.9 Å². The van der Waals surface area contributed by atoms with E-state index >= 15 is 0 Å². The summed E-state index contributed by atoms with van der Waals surface area (Å²) in [6.07, 6.45) is 3.29. The van der Waals surface area contributed by atoms with Crippen molar-refractivity contribution in [3.8, 4) is 0 Å². The van der Waals surface area contributed by atoms with Gasteiger partial charge in [0.05, 0.1) is 0 Å². The first-order chi connectivity index (χ1) is 11.3. The van der Waals surface area contributed by atoms with Gasteiger partial charge >= 0.3 is 0 Å². The molecule has 0 aliphatic heterocycles. The maximum absolute atomic E-state index is 12.0. The van der Waals surface area contributed by atoms with Crippen molar-refractivity contribution < 1.29 is 4.79 Å². The van der Waals surface area contributed by atoms with Crippen LogP contribution in [-0.2, 0) is 11.2 Å². The van der Waals surface area contributed by atoms with Gasteiger partial charge in [-0.2, -0.15) is 0 Å². The number of nitrogens with one attached hydrogen (secondary N) is 2. The summed E-state index contributed by atoms with van der Waals surface area (Å²) in [5.41, 5.74) is 2.33. The molecule has 3 nitrogen and oxygen atoms in total. The molecular weight excluding hydrogens is 304 g/mol. The van der Waals surface area contributed by atoms with E-state index in [1.807, 2.05) is 36.5 Å². The normalized spacial score (nSPS) is 10.8. The molecule has 2 N–H and O–H groups in total. The van der Waals surface area contributed by atoms with E-state index in [2.05, 4.69) is 34.6 Å². The summed E-state index contributed by atoms with van der Waals surface area (Å²) in [4.78, 5) is 16.4. The molecule has 0 radical (unpaired) electrons. The molecule has 23 heavy (non-hydrogen) atoms. The van der Waals surface area contributed by atoms with Gasteiger partial charge in [-0.15, -0.1) is 11.8 Å². The van der Waals surface area contributed by atoms with Gasteiger partial charge in [-0.25, -0.2) is 0 Å². The molecule has 2 aromatic carbocycles. The van der Waals surface area contributed by atoms with Crippen LogP contribution in [0.2, 0.25) is 0 Å². The van der Waals surface area contributed by atoms with Crippen molar-refractivity contribution >= 4 is 28.6 Å². The molecule has 0 aliphatic rings. The van der Waals surface area contributed by atoms with Gasteiger partial charge in [-0.05, 0) is 30.2 Å². The van der Waals surface area contributed by atoms with E-state index in [1.165, 1.54) is 15.8 Å². The number of aryl methyl sites for hydroxylation is 1. The lowest BCUT2D eigenvalue weighted by Gasteiger charge is -2.05. The maximum Gasteiger partial charge on any atom is 0.220 e. The lowest BCUT2D eigenvalue weighted by atomic mass is 10.1. The van der Waals surface area contributed by atoms with E-state index in [9.17, 15) is 4.79 Å². The summed E-state index contributed by atoms with van der Waals surface area (Å²) in [6, 6.07) is 18.4. The van der Waals surface area contributed by atoms with E-state index < -0.39 is 0 Å². The quantitative estimate of drug-likeness (QED) is 0.509.